The van der Waals surface area contributed by atoms with Gasteiger partial charge < -0.3 is 9.64 Å². The van der Waals surface area contributed by atoms with Gasteiger partial charge in [0.25, 0.3) is 10.0 Å². The van der Waals surface area contributed by atoms with Crippen molar-refractivity contribution in [3.63, 3.8) is 0 Å². The van der Waals surface area contributed by atoms with E-state index < -0.39 is 10.0 Å². The van der Waals surface area contributed by atoms with Gasteiger partial charge in [0.2, 0.25) is 0 Å². The molecule has 0 amide bonds. The van der Waals surface area contributed by atoms with E-state index in [0.717, 1.165) is 18.9 Å². The van der Waals surface area contributed by atoms with Gasteiger partial charge in [0.15, 0.2) is 0 Å². The molecule has 1 N–H and O–H groups in total. The molecule has 0 bridgehead atoms. The summed E-state index contributed by atoms with van der Waals surface area (Å²) in [6.07, 6.45) is 1.53. The maximum Gasteiger partial charge on any atom is 0.262 e. The molecule has 1 saturated heterocycles. The number of nitrogens with zero attached hydrogens (tertiary/aromatic N) is 2. The summed E-state index contributed by atoms with van der Waals surface area (Å²) in [4.78, 5) is 6.68. The average Bonchev–Trinajstić information content (AvgIpc) is 2.59. The molecule has 0 aliphatic carbocycles. The third-order valence-corrected chi connectivity index (χ3v) is 6.01. The Hall–Kier alpha value is -1.83. The van der Waals surface area contributed by atoms with Crippen LogP contribution >= 0.6 is 11.6 Å². The quantitative estimate of drug-likeness (QED) is 0.881. The van der Waals surface area contributed by atoms with Gasteiger partial charge >= 0.3 is 0 Å². The van der Waals surface area contributed by atoms with Crippen molar-refractivity contribution >= 4 is 33.1 Å². The Morgan fingerprint density at radius 1 is 1.16 bits per heavy atom. The van der Waals surface area contributed by atoms with Gasteiger partial charge in [-0.2, -0.15) is 0 Å². The molecule has 3 rings (SSSR count). The third-order valence-electron chi connectivity index (χ3n) is 4.08. The van der Waals surface area contributed by atoms with Crippen LogP contribution in [0.4, 0.5) is 11.5 Å². The Balaban J connectivity index is 1.80. The number of anilines is 2. The predicted octanol–water partition coefficient (Wildman–Crippen LogP) is 2.99. The molecule has 1 aliphatic heterocycles. The fraction of sp³-hybridized carbons (Fsp3) is 0.353. The zero-order valence-corrected chi connectivity index (χ0v) is 15.7. The van der Waals surface area contributed by atoms with Gasteiger partial charge in [0, 0.05) is 18.1 Å². The van der Waals surface area contributed by atoms with E-state index in [0.29, 0.717) is 35.1 Å². The zero-order chi connectivity index (χ0) is 18.0. The summed E-state index contributed by atoms with van der Waals surface area (Å²) in [6.45, 7) is 6.40. The molecular formula is C17H20ClN3O3S. The number of sulfonamides is 1. The molecule has 6 nitrogen and oxygen atoms in total. The molecule has 2 heterocycles. The molecule has 1 aliphatic rings. The lowest BCUT2D eigenvalue weighted by molar-refractivity contribution is 0.122. The highest BCUT2D eigenvalue weighted by atomic mass is 35.5. The molecule has 0 radical (unpaired) electrons. The topological polar surface area (TPSA) is 71.5 Å². The van der Waals surface area contributed by atoms with Crippen LogP contribution in [0.3, 0.4) is 0 Å². The fourth-order valence-electron chi connectivity index (χ4n) is 2.68. The number of aryl methyl sites for hydroxylation is 2. The summed E-state index contributed by atoms with van der Waals surface area (Å²) in [5.41, 5.74) is 1.73. The zero-order valence-electron chi connectivity index (χ0n) is 14.1. The largest absolute Gasteiger partial charge is 0.378 e. The number of benzene rings is 1. The van der Waals surface area contributed by atoms with Gasteiger partial charge in [0.1, 0.15) is 5.82 Å². The highest BCUT2D eigenvalue weighted by Crippen LogP contribution is 2.26. The monoisotopic (exact) mass is 381 g/mol. The van der Waals surface area contributed by atoms with E-state index in [4.69, 9.17) is 16.3 Å². The second-order valence-electron chi connectivity index (χ2n) is 5.98. The van der Waals surface area contributed by atoms with E-state index in [9.17, 15) is 8.42 Å². The Morgan fingerprint density at radius 3 is 2.52 bits per heavy atom. The van der Waals surface area contributed by atoms with Crippen LogP contribution < -0.4 is 9.62 Å². The molecule has 25 heavy (non-hydrogen) atoms. The molecule has 1 aromatic carbocycles. The maximum absolute atomic E-state index is 12.7. The molecule has 8 heteroatoms. The van der Waals surface area contributed by atoms with Gasteiger partial charge in [0.05, 0.1) is 30.0 Å². The van der Waals surface area contributed by atoms with Crippen molar-refractivity contribution in [1.82, 2.24) is 4.98 Å². The minimum absolute atomic E-state index is 0.214. The standard InChI is InChI=1S/C17H20ClN3O3S/c1-12-10-16(13(2)9-15(12)18)25(22,23)20-14-3-4-17(19-11-14)21-5-7-24-8-6-21/h3-4,9-11,20H,5-8H2,1-2H3. The number of rotatable bonds is 4. The number of hydrogen-bond donors (Lipinski definition) is 1. The van der Waals surface area contributed by atoms with Crippen LogP contribution in [0.5, 0.6) is 0 Å². The summed E-state index contributed by atoms with van der Waals surface area (Å²) >= 11 is 6.05. The molecule has 1 fully saturated rings. The first-order valence-electron chi connectivity index (χ1n) is 7.95. The molecule has 0 atom stereocenters. The van der Waals surface area contributed by atoms with Gasteiger partial charge in [-0.15, -0.1) is 0 Å². The van der Waals surface area contributed by atoms with E-state index in [1.807, 2.05) is 6.07 Å². The third kappa shape index (κ3) is 4.05. The SMILES string of the molecule is Cc1cc(S(=O)(=O)Nc2ccc(N3CCOCC3)nc2)c(C)cc1Cl. The summed E-state index contributed by atoms with van der Waals surface area (Å²) in [5.74, 6) is 0.810. The molecule has 0 unspecified atom stereocenters. The Labute approximate surface area is 152 Å². The minimum Gasteiger partial charge on any atom is -0.378 e. The van der Waals surface area contributed by atoms with Crippen LogP contribution in [-0.4, -0.2) is 39.7 Å². The number of halogens is 1. The fourth-order valence-corrected chi connectivity index (χ4v) is 4.25. The minimum atomic E-state index is -3.70. The number of nitrogens with one attached hydrogen (secondary N) is 1. The average molecular weight is 382 g/mol. The molecular weight excluding hydrogens is 362 g/mol. The van der Waals surface area contributed by atoms with Crippen LogP contribution in [0.2, 0.25) is 5.02 Å². The smallest absolute Gasteiger partial charge is 0.262 e. The highest BCUT2D eigenvalue weighted by molar-refractivity contribution is 7.92. The molecule has 0 saturated carbocycles. The number of pyridine rings is 1. The summed E-state index contributed by atoms with van der Waals surface area (Å²) in [6, 6.07) is 6.76. The second-order valence-corrected chi connectivity index (χ2v) is 8.03. The molecule has 2 aromatic rings. The van der Waals surface area contributed by atoms with Crippen LogP contribution in [0.1, 0.15) is 11.1 Å². The van der Waals surface area contributed by atoms with Gasteiger partial charge in [-0.25, -0.2) is 13.4 Å². The van der Waals surface area contributed by atoms with E-state index in [2.05, 4.69) is 14.6 Å². The van der Waals surface area contributed by atoms with Crippen molar-refractivity contribution in [2.45, 2.75) is 18.7 Å². The lowest BCUT2D eigenvalue weighted by atomic mass is 10.2. The van der Waals surface area contributed by atoms with Crippen LogP contribution in [-0.2, 0) is 14.8 Å². The lowest BCUT2D eigenvalue weighted by Gasteiger charge is -2.27. The molecule has 134 valence electrons. The highest BCUT2D eigenvalue weighted by Gasteiger charge is 2.19. The second kappa shape index (κ2) is 7.19. The van der Waals surface area contributed by atoms with Crippen molar-refractivity contribution in [3.8, 4) is 0 Å². The van der Waals surface area contributed by atoms with Crippen LogP contribution in [0, 0.1) is 13.8 Å². The van der Waals surface area contributed by atoms with Crippen molar-refractivity contribution in [1.29, 1.82) is 0 Å². The van der Waals surface area contributed by atoms with E-state index in [1.165, 1.54) is 6.20 Å². The summed E-state index contributed by atoms with van der Waals surface area (Å²) in [5, 5.41) is 0.549. The van der Waals surface area contributed by atoms with Gasteiger partial charge in [-0.05, 0) is 49.2 Å². The Morgan fingerprint density at radius 2 is 1.88 bits per heavy atom. The first-order valence-corrected chi connectivity index (χ1v) is 9.81. The lowest BCUT2D eigenvalue weighted by Crippen LogP contribution is -2.36. The van der Waals surface area contributed by atoms with E-state index in [-0.39, 0.29) is 4.90 Å². The number of hydrogen-bond acceptors (Lipinski definition) is 5. The van der Waals surface area contributed by atoms with Crippen molar-refractivity contribution in [2.75, 3.05) is 35.9 Å². The van der Waals surface area contributed by atoms with Crippen molar-refractivity contribution in [2.24, 2.45) is 0 Å². The normalized spacial score (nSPS) is 15.2. The van der Waals surface area contributed by atoms with Crippen molar-refractivity contribution in [3.05, 3.63) is 46.6 Å². The van der Waals surface area contributed by atoms with E-state index in [1.54, 1.807) is 32.0 Å². The van der Waals surface area contributed by atoms with Gasteiger partial charge in [-0.1, -0.05) is 11.6 Å². The Kier molecular flexibility index (Phi) is 5.17. The summed E-state index contributed by atoms with van der Waals surface area (Å²) in [7, 11) is -3.70. The first kappa shape index (κ1) is 18.0. The Bertz CT molecular complexity index is 863. The summed E-state index contributed by atoms with van der Waals surface area (Å²) < 4.78 is 33.2. The molecule has 0 spiro atoms. The number of morpholine rings is 1. The molecule has 1 aromatic heterocycles. The van der Waals surface area contributed by atoms with Crippen LogP contribution in [0.25, 0.3) is 0 Å². The van der Waals surface area contributed by atoms with Crippen LogP contribution in [0.15, 0.2) is 35.4 Å². The van der Waals surface area contributed by atoms with E-state index >= 15 is 0 Å². The predicted molar refractivity (Wildman–Crippen MR) is 99.0 cm³/mol. The van der Waals surface area contributed by atoms with Gasteiger partial charge in [-0.3, -0.25) is 4.72 Å². The number of aromatic nitrogens is 1. The first-order chi connectivity index (χ1) is 11.9. The maximum atomic E-state index is 12.7. The van der Waals surface area contributed by atoms with Crippen molar-refractivity contribution < 1.29 is 13.2 Å². The number of ether oxygens (including phenoxy) is 1.